The van der Waals surface area contributed by atoms with Gasteiger partial charge in [0.15, 0.2) is 0 Å². The highest BCUT2D eigenvalue weighted by atomic mass is 16.3. The Morgan fingerprint density at radius 1 is 1.37 bits per heavy atom. The highest BCUT2D eigenvalue weighted by Gasteiger charge is 2.15. The summed E-state index contributed by atoms with van der Waals surface area (Å²) in [7, 11) is 1.58. The van der Waals surface area contributed by atoms with Crippen LogP contribution in [0.4, 0.5) is 0 Å². The summed E-state index contributed by atoms with van der Waals surface area (Å²) in [6, 6.07) is 4.64. The van der Waals surface area contributed by atoms with Gasteiger partial charge in [0.05, 0.1) is 6.54 Å². The number of amides is 2. The molecule has 0 saturated heterocycles. The molecule has 0 aliphatic carbocycles. The molecule has 2 amide bonds. The van der Waals surface area contributed by atoms with Crippen LogP contribution in [0.5, 0.6) is 5.75 Å². The molecule has 0 heterocycles. The summed E-state index contributed by atoms with van der Waals surface area (Å²) in [5.41, 5.74) is 1.09. The van der Waals surface area contributed by atoms with Crippen molar-refractivity contribution in [2.45, 2.75) is 20.3 Å². The third kappa shape index (κ3) is 4.28. The zero-order chi connectivity index (χ0) is 14.4. The smallest absolute Gasteiger partial charge is 0.254 e. The third-order valence-corrected chi connectivity index (χ3v) is 2.74. The summed E-state index contributed by atoms with van der Waals surface area (Å²) >= 11 is 0. The van der Waals surface area contributed by atoms with Gasteiger partial charge in [0.1, 0.15) is 5.75 Å². The normalized spacial score (nSPS) is 10.1. The fraction of sp³-hybridized carbons (Fsp3) is 0.429. The molecule has 0 atom stereocenters. The number of likely N-dealkylation sites (N-methyl/N-ethyl adjacent to an activating group) is 1. The zero-order valence-electron chi connectivity index (χ0n) is 11.6. The number of aromatic hydroxyl groups is 1. The lowest BCUT2D eigenvalue weighted by molar-refractivity contribution is -0.121. The van der Waals surface area contributed by atoms with Gasteiger partial charge in [-0.25, -0.2) is 0 Å². The molecule has 5 heteroatoms. The van der Waals surface area contributed by atoms with Crippen molar-refractivity contribution < 1.29 is 14.7 Å². The van der Waals surface area contributed by atoms with E-state index in [1.165, 1.54) is 11.0 Å². The molecule has 0 radical (unpaired) electrons. The van der Waals surface area contributed by atoms with Crippen LogP contribution in [0.1, 0.15) is 29.3 Å². The molecular weight excluding hydrogens is 244 g/mol. The molecule has 1 rings (SSSR count). The first-order valence-electron chi connectivity index (χ1n) is 6.27. The number of carbonyl (C=O) groups is 2. The summed E-state index contributed by atoms with van der Waals surface area (Å²) in [4.78, 5) is 25.0. The van der Waals surface area contributed by atoms with E-state index in [1.807, 2.05) is 6.92 Å². The Kier molecular flexibility index (Phi) is 5.36. The molecule has 0 aliphatic heterocycles. The fourth-order valence-electron chi connectivity index (χ4n) is 1.62. The first kappa shape index (κ1) is 15.0. The minimum absolute atomic E-state index is 0.0265. The number of phenolic OH excluding ortho intramolecular Hbond substituents is 1. The Morgan fingerprint density at radius 2 is 2.05 bits per heavy atom. The van der Waals surface area contributed by atoms with Gasteiger partial charge >= 0.3 is 0 Å². The minimum atomic E-state index is -0.241. The molecule has 0 aromatic heterocycles. The second-order valence-electron chi connectivity index (χ2n) is 4.51. The van der Waals surface area contributed by atoms with Gasteiger partial charge in [-0.15, -0.1) is 0 Å². The summed E-state index contributed by atoms with van der Waals surface area (Å²) in [5, 5.41) is 12.1. The van der Waals surface area contributed by atoms with Gasteiger partial charge in [-0.05, 0) is 37.1 Å². The number of phenols is 1. The number of nitrogens with zero attached hydrogens (tertiary/aromatic N) is 1. The molecule has 19 heavy (non-hydrogen) atoms. The molecule has 1 aromatic rings. The van der Waals surface area contributed by atoms with Crippen LogP contribution in [-0.2, 0) is 4.79 Å². The van der Waals surface area contributed by atoms with E-state index in [9.17, 15) is 14.7 Å². The SMILES string of the molecule is CCCNC(=O)CN(C)C(=O)c1ccc(O)c(C)c1. The predicted molar refractivity (Wildman–Crippen MR) is 73.1 cm³/mol. The standard InChI is InChI=1S/C14H20N2O3/c1-4-7-15-13(18)9-16(3)14(19)11-5-6-12(17)10(2)8-11/h5-6,8,17H,4,7,9H2,1-3H3,(H,15,18). The van der Waals surface area contributed by atoms with Crippen LogP contribution in [0, 0.1) is 6.92 Å². The van der Waals surface area contributed by atoms with E-state index in [0.29, 0.717) is 17.7 Å². The molecule has 0 fully saturated rings. The van der Waals surface area contributed by atoms with Crippen LogP contribution in [0.2, 0.25) is 0 Å². The van der Waals surface area contributed by atoms with Gasteiger partial charge in [0.25, 0.3) is 5.91 Å². The van der Waals surface area contributed by atoms with Crippen LogP contribution in [0.3, 0.4) is 0 Å². The third-order valence-electron chi connectivity index (χ3n) is 2.74. The average molecular weight is 264 g/mol. The van der Waals surface area contributed by atoms with Crippen molar-refractivity contribution in [3.8, 4) is 5.75 Å². The molecule has 0 bridgehead atoms. The fourth-order valence-corrected chi connectivity index (χ4v) is 1.62. The Bertz CT molecular complexity index is 472. The summed E-state index contributed by atoms with van der Waals surface area (Å²) in [6.07, 6.45) is 0.862. The van der Waals surface area contributed by atoms with E-state index in [0.717, 1.165) is 6.42 Å². The van der Waals surface area contributed by atoms with Crippen molar-refractivity contribution in [3.63, 3.8) is 0 Å². The van der Waals surface area contributed by atoms with Crippen molar-refractivity contribution in [2.24, 2.45) is 0 Å². The van der Waals surface area contributed by atoms with E-state index < -0.39 is 0 Å². The highest BCUT2D eigenvalue weighted by molar-refractivity contribution is 5.96. The number of rotatable bonds is 5. The number of hydrogen-bond donors (Lipinski definition) is 2. The minimum Gasteiger partial charge on any atom is -0.508 e. The monoisotopic (exact) mass is 264 g/mol. The quantitative estimate of drug-likeness (QED) is 0.842. The Balaban J connectivity index is 2.66. The number of carbonyl (C=O) groups excluding carboxylic acids is 2. The van der Waals surface area contributed by atoms with E-state index >= 15 is 0 Å². The van der Waals surface area contributed by atoms with Crippen molar-refractivity contribution in [1.29, 1.82) is 0 Å². The van der Waals surface area contributed by atoms with E-state index in [4.69, 9.17) is 0 Å². The molecule has 1 aromatic carbocycles. The second-order valence-corrected chi connectivity index (χ2v) is 4.51. The Hall–Kier alpha value is -2.04. The predicted octanol–water partition coefficient (Wildman–Crippen LogP) is 1.30. The van der Waals surface area contributed by atoms with E-state index in [2.05, 4.69) is 5.32 Å². The van der Waals surface area contributed by atoms with Crippen molar-refractivity contribution in [1.82, 2.24) is 10.2 Å². The highest BCUT2D eigenvalue weighted by Crippen LogP contribution is 2.17. The number of aryl methyl sites for hydroxylation is 1. The maximum atomic E-state index is 12.1. The first-order valence-corrected chi connectivity index (χ1v) is 6.27. The lowest BCUT2D eigenvalue weighted by atomic mass is 10.1. The van der Waals surface area contributed by atoms with E-state index in [1.54, 1.807) is 26.1 Å². The number of hydrogen-bond acceptors (Lipinski definition) is 3. The van der Waals surface area contributed by atoms with Crippen LogP contribution < -0.4 is 5.32 Å². The number of nitrogens with one attached hydrogen (secondary N) is 1. The molecule has 0 saturated carbocycles. The maximum absolute atomic E-state index is 12.1. The Morgan fingerprint density at radius 3 is 2.63 bits per heavy atom. The summed E-state index contributed by atoms with van der Waals surface area (Å²) in [6.45, 7) is 4.33. The van der Waals surface area contributed by atoms with Gasteiger partial charge in [0, 0.05) is 19.2 Å². The molecule has 5 nitrogen and oxygen atoms in total. The largest absolute Gasteiger partial charge is 0.508 e. The van der Waals surface area contributed by atoms with Crippen LogP contribution in [-0.4, -0.2) is 42.0 Å². The second kappa shape index (κ2) is 6.78. The van der Waals surface area contributed by atoms with Gasteiger partial charge < -0.3 is 15.3 Å². The molecule has 0 aliphatic rings. The topological polar surface area (TPSA) is 69.6 Å². The number of benzene rings is 1. The van der Waals surface area contributed by atoms with Gasteiger partial charge in [-0.1, -0.05) is 6.92 Å². The maximum Gasteiger partial charge on any atom is 0.254 e. The van der Waals surface area contributed by atoms with Crippen molar-refractivity contribution in [3.05, 3.63) is 29.3 Å². The van der Waals surface area contributed by atoms with Crippen molar-refractivity contribution in [2.75, 3.05) is 20.1 Å². The van der Waals surface area contributed by atoms with Crippen LogP contribution in [0.15, 0.2) is 18.2 Å². The average Bonchev–Trinajstić information content (AvgIpc) is 2.38. The molecule has 0 unspecified atom stereocenters. The van der Waals surface area contributed by atoms with E-state index in [-0.39, 0.29) is 24.1 Å². The van der Waals surface area contributed by atoms with Crippen LogP contribution in [0.25, 0.3) is 0 Å². The summed E-state index contributed by atoms with van der Waals surface area (Å²) in [5.74, 6) is -0.261. The van der Waals surface area contributed by atoms with Crippen molar-refractivity contribution >= 4 is 11.8 Å². The molecule has 104 valence electrons. The molecular formula is C14H20N2O3. The van der Waals surface area contributed by atoms with Gasteiger partial charge in [-0.2, -0.15) is 0 Å². The Labute approximate surface area is 113 Å². The molecule has 2 N–H and O–H groups in total. The summed E-state index contributed by atoms with van der Waals surface area (Å²) < 4.78 is 0. The molecule has 0 spiro atoms. The zero-order valence-corrected chi connectivity index (χ0v) is 11.6. The van der Waals surface area contributed by atoms with Crippen LogP contribution >= 0.6 is 0 Å². The van der Waals surface area contributed by atoms with Gasteiger partial charge in [-0.3, -0.25) is 9.59 Å². The lowest BCUT2D eigenvalue weighted by Gasteiger charge is -2.17. The van der Waals surface area contributed by atoms with Gasteiger partial charge in [0.2, 0.25) is 5.91 Å². The first-order chi connectivity index (χ1) is 8.95. The lowest BCUT2D eigenvalue weighted by Crippen LogP contribution is -2.38.